The van der Waals surface area contributed by atoms with Crippen LogP contribution in [0.15, 0.2) is 53.7 Å². The summed E-state index contributed by atoms with van der Waals surface area (Å²) in [6.07, 6.45) is 2.78. The third-order valence-electron chi connectivity index (χ3n) is 5.61. The summed E-state index contributed by atoms with van der Waals surface area (Å²) in [5.41, 5.74) is 9.81. The van der Waals surface area contributed by atoms with Crippen LogP contribution in [0.1, 0.15) is 27.2 Å². The number of fused-ring (bicyclic) bond motifs is 2. The van der Waals surface area contributed by atoms with Gasteiger partial charge in [-0.2, -0.15) is 0 Å². The second-order valence-corrected chi connectivity index (χ2v) is 9.73. The largest absolute Gasteiger partial charge is 0.497 e. The Morgan fingerprint density at radius 2 is 1.97 bits per heavy atom. The van der Waals surface area contributed by atoms with Crippen LogP contribution in [0.2, 0.25) is 0 Å². The molecule has 2 heterocycles. The number of benzene rings is 2. The molecule has 0 bridgehead atoms. The van der Waals surface area contributed by atoms with Gasteiger partial charge in [-0.05, 0) is 61.2 Å². The standard InChI is InChI=1S/C24H22N4O3S2/c1-31-15-11-9-14(10-12-15)28-18-7-3-2-6-17(18)26-24(28)32-13-20(29)27-23-21(22(25)30)16-5-4-8-19(16)33-23/h2-3,6-7,9-12H,4-5,8,13H2,1H3,(H2,25,30)(H,27,29). The van der Waals surface area contributed by atoms with E-state index >= 15 is 0 Å². The summed E-state index contributed by atoms with van der Waals surface area (Å²) in [5.74, 6) is 0.236. The number of aromatic nitrogens is 2. The molecular formula is C24H22N4O3S2. The van der Waals surface area contributed by atoms with Gasteiger partial charge in [0.05, 0.1) is 29.5 Å². The zero-order chi connectivity index (χ0) is 22.9. The zero-order valence-electron chi connectivity index (χ0n) is 18.0. The number of anilines is 1. The van der Waals surface area contributed by atoms with Crippen LogP contribution in [0.4, 0.5) is 5.00 Å². The minimum Gasteiger partial charge on any atom is -0.497 e. The number of carbonyl (C=O) groups excluding carboxylic acids is 2. The quantitative estimate of drug-likeness (QED) is 0.383. The number of amides is 2. The topological polar surface area (TPSA) is 99.2 Å². The lowest BCUT2D eigenvalue weighted by molar-refractivity contribution is -0.113. The van der Waals surface area contributed by atoms with E-state index in [1.165, 1.54) is 23.1 Å². The SMILES string of the molecule is COc1ccc(-n2c(SCC(=O)Nc3sc4c(c3C(N)=O)CCC4)nc3ccccc32)cc1. The molecule has 0 unspecified atom stereocenters. The van der Waals surface area contributed by atoms with Gasteiger partial charge in [0, 0.05) is 10.6 Å². The van der Waals surface area contributed by atoms with Gasteiger partial charge in [-0.3, -0.25) is 14.2 Å². The molecule has 2 amide bonds. The van der Waals surface area contributed by atoms with E-state index < -0.39 is 5.91 Å². The van der Waals surface area contributed by atoms with Gasteiger partial charge in [-0.25, -0.2) is 4.98 Å². The van der Waals surface area contributed by atoms with Crippen molar-refractivity contribution in [3.63, 3.8) is 0 Å². The molecule has 0 spiro atoms. The predicted octanol–water partition coefficient (Wildman–Crippen LogP) is 4.41. The van der Waals surface area contributed by atoms with Crippen LogP contribution in [-0.4, -0.2) is 34.2 Å². The maximum Gasteiger partial charge on any atom is 0.251 e. The van der Waals surface area contributed by atoms with Crippen molar-refractivity contribution in [2.24, 2.45) is 5.73 Å². The Bertz CT molecular complexity index is 1360. The van der Waals surface area contributed by atoms with Gasteiger partial charge >= 0.3 is 0 Å². The number of rotatable bonds is 7. The molecule has 4 aromatic rings. The average molecular weight is 479 g/mol. The first-order valence-electron chi connectivity index (χ1n) is 10.5. The Labute approximate surface area is 199 Å². The maximum atomic E-state index is 12.8. The summed E-state index contributed by atoms with van der Waals surface area (Å²) < 4.78 is 7.30. The molecule has 2 aromatic heterocycles. The lowest BCUT2D eigenvalue weighted by Gasteiger charge is -2.10. The van der Waals surface area contributed by atoms with Gasteiger partial charge in [-0.1, -0.05) is 23.9 Å². The fourth-order valence-electron chi connectivity index (χ4n) is 4.13. The highest BCUT2D eigenvalue weighted by Crippen LogP contribution is 2.39. The Kier molecular flexibility index (Phi) is 5.82. The van der Waals surface area contributed by atoms with Gasteiger partial charge in [-0.15, -0.1) is 11.3 Å². The molecule has 168 valence electrons. The number of nitrogens with one attached hydrogen (secondary N) is 1. The number of hydrogen-bond acceptors (Lipinski definition) is 6. The third kappa shape index (κ3) is 4.09. The van der Waals surface area contributed by atoms with Crippen molar-refractivity contribution in [1.29, 1.82) is 0 Å². The van der Waals surface area contributed by atoms with Crippen LogP contribution >= 0.6 is 23.1 Å². The van der Waals surface area contributed by atoms with E-state index in [0.717, 1.165) is 52.2 Å². The van der Waals surface area contributed by atoms with Crippen molar-refractivity contribution < 1.29 is 14.3 Å². The summed E-state index contributed by atoms with van der Waals surface area (Å²) >= 11 is 2.81. The number of ether oxygens (including phenoxy) is 1. The first-order valence-corrected chi connectivity index (χ1v) is 12.3. The molecule has 0 aliphatic heterocycles. The first kappa shape index (κ1) is 21.5. The number of aryl methyl sites for hydroxylation is 1. The number of primary amides is 1. The lowest BCUT2D eigenvalue weighted by atomic mass is 10.1. The summed E-state index contributed by atoms with van der Waals surface area (Å²) in [4.78, 5) is 30.7. The summed E-state index contributed by atoms with van der Waals surface area (Å²) in [7, 11) is 1.63. The monoisotopic (exact) mass is 478 g/mol. The predicted molar refractivity (Wildman–Crippen MR) is 132 cm³/mol. The smallest absolute Gasteiger partial charge is 0.251 e. The van der Waals surface area contributed by atoms with Crippen molar-refractivity contribution in [2.75, 3.05) is 18.2 Å². The number of nitrogens with two attached hydrogens (primary N) is 1. The molecule has 2 aromatic carbocycles. The number of hydrogen-bond donors (Lipinski definition) is 2. The van der Waals surface area contributed by atoms with E-state index in [2.05, 4.69) is 5.32 Å². The number of methoxy groups -OCH3 is 1. The van der Waals surface area contributed by atoms with Crippen LogP contribution in [0.25, 0.3) is 16.7 Å². The van der Waals surface area contributed by atoms with Crippen LogP contribution in [0.5, 0.6) is 5.75 Å². The molecule has 0 saturated carbocycles. The number of carbonyl (C=O) groups is 2. The maximum absolute atomic E-state index is 12.8. The number of para-hydroxylation sites is 2. The molecule has 0 fully saturated rings. The van der Waals surface area contributed by atoms with Crippen molar-refractivity contribution >= 4 is 50.9 Å². The second-order valence-electron chi connectivity index (χ2n) is 7.68. The van der Waals surface area contributed by atoms with E-state index in [4.69, 9.17) is 15.5 Å². The minimum absolute atomic E-state index is 0.153. The van der Waals surface area contributed by atoms with Gasteiger partial charge in [0.1, 0.15) is 10.8 Å². The number of thiophene rings is 1. The number of thioether (sulfide) groups is 1. The normalized spacial score (nSPS) is 12.6. The lowest BCUT2D eigenvalue weighted by Crippen LogP contribution is -2.19. The van der Waals surface area contributed by atoms with Crippen LogP contribution in [0, 0.1) is 0 Å². The molecule has 0 radical (unpaired) electrons. The zero-order valence-corrected chi connectivity index (χ0v) is 19.6. The van der Waals surface area contributed by atoms with E-state index in [1.807, 2.05) is 53.1 Å². The third-order valence-corrected chi connectivity index (χ3v) is 7.76. The molecule has 0 atom stereocenters. The highest BCUT2D eigenvalue weighted by molar-refractivity contribution is 7.99. The van der Waals surface area contributed by atoms with E-state index in [0.29, 0.717) is 15.7 Å². The van der Waals surface area contributed by atoms with Crippen molar-refractivity contribution in [2.45, 2.75) is 24.4 Å². The molecular weight excluding hydrogens is 456 g/mol. The molecule has 0 saturated heterocycles. The van der Waals surface area contributed by atoms with E-state index in [-0.39, 0.29) is 11.7 Å². The highest BCUT2D eigenvalue weighted by Gasteiger charge is 2.26. The first-order chi connectivity index (χ1) is 16.0. The van der Waals surface area contributed by atoms with Gasteiger partial charge in [0.15, 0.2) is 5.16 Å². The highest BCUT2D eigenvalue weighted by atomic mass is 32.2. The Hall–Kier alpha value is -3.30. The van der Waals surface area contributed by atoms with Crippen LogP contribution in [0.3, 0.4) is 0 Å². The van der Waals surface area contributed by atoms with E-state index in [1.54, 1.807) is 7.11 Å². The molecule has 5 rings (SSSR count). The van der Waals surface area contributed by atoms with Gasteiger partial charge in [0.25, 0.3) is 5.91 Å². The summed E-state index contributed by atoms with van der Waals surface area (Å²) in [6.45, 7) is 0. The van der Waals surface area contributed by atoms with Crippen LogP contribution < -0.4 is 15.8 Å². The summed E-state index contributed by atoms with van der Waals surface area (Å²) in [6, 6.07) is 15.6. The fourth-order valence-corrected chi connectivity index (χ4v) is 6.27. The number of nitrogens with zero attached hydrogens (tertiary/aromatic N) is 2. The molecule has 3 N–H and O–H groups in total. The van der Waals surface area contributed by atoms with Crippen molar-refractivity contribution in [1.82, 2.24) is 9.55 Å². The molecule has 33 heavy (non-hydrogen) atoms. The molecule has 7 nitrogen and oxygen atoms in total. The molecule has 1 aliphatic rings. The summed E-state index contributed by atoms with van der Waals surface area (Å²) in [5, 5.41) is 4.17. The average Bonchev–Trinajstić information content (AvgIpc) is 3.50. The van der Waals surface area contributed by atoms with Crippen molar-refractivity contribution in [3.8, 4) is 11.4 Å². The number of imidazole rings is 1. The Balaban J connectivity index is 1.39. The van der Waals surface area contributed by atoms with Crippen LogP contribution in [-0.2, 0) is 17.6 Å². The molecule has 1 aliphatic carbocycles. The van der Waals surface area contributed by atoms with Gasteiger partial charge < -0.3 is 15.8 Å². The van der Waals surface area contributed by atoms with E-state index in [9.17, 15) is 9.59 Å². The Morgan fingerprint density at radius 3 is 2.73 bits per heavy atom. The molecule has 9 heteroatoms. The van der Waals surface area contributed by atoms with Gasteiger partial charge in [0.2, 0.25) is 5.91 Å². The minimum atomic E-state index is -0.487. The second kappa shape index (κ2) is 8.92. The fraction of sp³-hybridized carbons (Fsp3) is 0.208. The van der Waals surface area contributed by atoms with Crippen molar-refractivity contribution in [3.05, 3.63) is 64.5 Å². The Morgan fingerprint density at radius 1 is 1.18 bits per heavy atom.